The molecule has 0 bridgehead atoms. The second kappa shape index (κ2) is 6.18. The highest BCUT2D eigenvalue weighted by atomic mass is 16.6. The van der Waals surface area contributed by atoms with Gasteiger partial charge in [-0.25, -0.2) is 4.68 Å². The van der Waals surface area contributed by atoms with E-state index in [9.17, 15) is 14.9 Å². The summed E-state index contributed by atoms with van der Waals surface area (Å²) in [6.45, 7) is 2.13. The minimum Gasteiger partial charge on any atom is -0.295 e. The summed E-state index contributed by atoms with van der Waals surface area (Å²) in [4.78, 5) is 22.0. The van der Waals surface area contributed by atoms with E-state index >= 15 is 0 Å². The number of H-pyrrole nitrogens is 1. The van der Waals surface area contributed by atoms with Crippen LogP contribution in [0.1, 0.15) is 31.9 Å². The number of unbranched alkanes of at least 4 members (excludes halogenated alkanes) is 2. The first-order valence-electron chi connectivity index (χ1n) is 6.67. The molecule has 1 aromatic heterocycles. The molecule has 1 N–H and O–H groups in total. The summed E-state index contributed by atoms with van der Waals surface area (Å²) in [6, 6.07) is 7.48. The third-order valence-electron chi connectivity index (χ3n) is 3.14. The monoisotopic (exact) mass is 275 g/mol. The van der Waals surface area contributed by atoms with E-state index in [1.165, 1.54) is 16.8 Å². The maximum atomic E-state index is 11.9. The number of non-ortho nitro benzene ring substituents is 1. The molecule has 0 fully saturated rings. The predicted molar refractivity (Wildman–Crippen MR) is 76.3 cm³/mol. The summed E-state index contributed by atoms with van der Waals surface area (Å²) in [7, 11) is 0. The van der Waals surface area contributed by atoms with E-state index in [-0.39, 0.29) is 11.2 Å². The van der Waals surface area contributed by atoms with Crippen LogP contribution in [0.25, 0.3) is 5.69 Å². The van der Waals surface area contributed by atoms with E-state index in [1.54, 1.807) is 18.2 Å². The number of nitrogens with zero attached hydrogens (tertiary/aromatic N) is 2. The van der Waals surface area contributed by atoms with E-state index < -0.39 is 4.92 Å². The van der Waals surface area contributed by atoms with Crippen molar-refractivity contribution < 1.29 is 4.92 Å². The van der Waals surface area contributed by atoms with Gasteiger partial charge in [0.15, 0.2) is 0 Å². The first-order valence-corrected chi connectivity index (χ1v) is 6.67. The van der Waals surface area contributed by atoms with Gasteiger partial charge in [0.2, 0.25) is 0 Å². The maximum Gasteiger partial charge on any atom is 0.271 e. The minimum absolute atomic E-state index is 0.0107. The molecule has 0 aliphatic heterocycles. The number of hydrogen-bond donors (Lipinski definition) is 1. The molecule has 1 aromatic carbocycles. The predicted octanol–water partition coefficient (Wildman–Crippen LogP) is 2.81. The van der Waals surface area contributed by atoms with Crippen LogP contribution in [0, 0.1) is 10.1 Å². The second-order valence-corrected chi connectivity index (χ2v) is 4.69. The molecule has 106 valence electrons. The Morgan fingerprint density at radius 1 is 1.25 bits per heavy atom. The van der Waals surface area contributed by atoms with E-state index in [1.807, 2.05) is 0 Å². The minimum atomic E-state index is -0.461. The first kappa shape index (κ1) is 14.0. The Morgan fingerprint density at radius 3 is 2.55 bits per heavy atom. The summed E-state index contributed by atoms with van der Waals surface area (Å²) in [5.74, 6) is 0. The lowest BCUT2D eigenvalue weighted by atomic mass is 10.2. The molecule has 20 heavy (non-hydrogen) atoms. The van der Waals surface area contributed by atoms with Crippen LogP contribution in [0.3, 0.4) is 0 Å². The number of aromatic amines is 1. The fraction of sp³-hybridized carbons (Fsp3) is 0.357. The largest absolute Gasteiger partial charge is 0.295 e. The van der Waals surface area contributed by atoms with Crippen LogP contribution >= 0.6 is 0 Å². The molecule has 1 heterocycles. The summed E-state index contributed by atoms with van der Waals surface area (Å²) in [5.41, 5.74) is 1.35. The van der Waals surface area contributed by atoms with E-state index in [0.717, 1.165) is 31.4 Å². The van der Waals surface area contributed by atoms with Gasteiger partial charge in [-0.2, -0.15) is 0 Å². The lowest BCUT2D eigenvalue weighted by Crippen LogP contribution is -2.13. The average molecular weight is 275 g/mol. The quantitative estimate of drug-likeness (QED) is 0.500. The van der Waals surface area contributed by atoms with Gasteiger partial charge in [0.05, 0.1) is 10.6 Å². The summed E-state index contributed by atoms with van der Waals surface area (Å²) in [6.07, 6.45) is 4.14. The van der Waals surface area contributed by atoms with Crippen LogP contribution in [0.4, 0.5) is 5.69 Å². The molecule has 2 aromatic rings. The van der Waals surface area contributed by atoms with E-state index in [4.69, 9.17) is 0 Å². The van der Waals surface area contributed by atoms with Gasteiger partial charge < -0.3 is 0 Å². The zero-order valence-electron chi connectivity index (χ0n) is 11.3. The Kier molecular flexibility index (Phi) is 4.34. The Labute approximate surface area is 116 Å². The second-order valence-electron chi connectivity index (χ2n) is 4.69. The molecule has 0 atom stereocenters. The number of nitrogens with one attached hydrogen (secondary N) is 1. The Morgan fingerprint density at radius 2 is 1.95 bits per heavy atom. The van der Waals surface area contributed by atoms with Gasteiger partial charge in [-0.3, -0.25) is 20.0 Å². The lowest BCUT2D eigenvalue weighted by Gasteiger charge is -2.02. The van der Waals surface area contributed by atoms with Gasteiger partial charge in [-0.05, 0) is 25.0 Å². The topological polar surface area (TPSA) is 80.9 Å². The van der Waals surface area contributed by atoms with Crippen LogP contribution < -0.4 is 5.56 Å². The average Bonchev–Trinajstić information content (AvgIpc) is 2.80. The zero-order chi connectivity index (χ0) is 14.5. The number of nitro benzene ring substituents is 1. The van der Waals surface area contributed by atoms with Crippen LogP contribution in [-0.2, 0) is 6.42 Å². The third kappa shape index (κ3) is 3.14. The Bertz CT molecular complexity index is 640. The standard InChI is InChI=1S/C14H17N3O3/c1-2-3-4-5-11-10-14(18)16(15-11)12-6-8-13(9-7-12)17(19)20/h6-10,15H,2-5H2,1H3. The lowest BCUT2D eigenvalue weighted by molar-refractivity contribution is -0.384. The number of aryl methyl sites for hydroxylation is 1. The number of benzene rings is 1. The van der Waals surface area contributed by atoms with Crippen molar-refractivity contribution in [3.8, 4) is 5.69 Å². The van der Waals surface area contributed by atoms with Crippen molar-refractivity contribution in [2.24, 2.45) is 0 Å². The molecule has 0 aliphatic rings. The van der Waals surface area contributed by atoms with Gasteiger partial charge in [0, 0.05) is 23.9 Å². The number of rotatable bonds is 6. The number of hydrogen-bond acceptors (Lipinski definition) is 3. The molecule has 0 saturated heterocycles. The molecule has 0 unspecified atom stereocenters. The van der Waals surface area contributed by atoms with Crippen molar-refractivity contribution in [3.05, 3.63) is 56.5 Å². The summed E-state index contributed by atoms with van der Waals surface area (Å²) in [5, 5.41) is 13.6. The van der Waals surface area contributed by atoms with E-state index in [0.29, 0.717) is 5.69 Å². The summed E-state index contributed by atoms with van der Waals surface area (Å²) >= 11 is 0. The highest BCUT2D eigenvalue weighted by Crippen LogP contribution is 2.14. The van der Waals surface area contributed by atoms with Crippen LogP contribution in [0.2, 0.25) is 0 Å². The fourth-order valence-electron chi connectivity index (χ4n) is 2.05. The maximum absolute atomic E-state index is 11.9. The molecule has 0 spiro atoms. The Hall–Kier alpha value is -2.37. The van der Waals surface area contributed by atoms with Crippen molar-refractivity contribution in [1.82, 2.24) is 9.78 Å². The molecule has 6 heteroatoms. The number of aromatic nitrogens is 2. The van der Waals surface area contributed by atoms with Crippen LogP contribution in [0.5, 0.6) is 0 Å². The number of nitro groups is 1. The molecule has 0 amide bonds. The molecule has 0 radical (unpaired) electrons. The smallest absolute Gasteiger partial charge is 0.271 e. The fourth-order valence-corrected chi connectivity index (χ4v) is 2.05. The summed E-state index contributed by atoms with van der Waals surface area (Å²) < 4.78 is 1.41. The van der Waals surface area contributed by atoms with Gasteiger partial charge in [-0.1, -0.05) is 19.8 Å². The normalized spacial score (nSPS) is 10.7. The van der Waals surface area contributed by atoms with Crippen molar-refractivity contribution in [2.45, 2.75) is 32.6 Å². The van der Waals surface area contributed by atoms with Crippen molar-refractivity contribution in [3.63, 3.8) is 0 Å². The van der Waals surface area contributed by atoms with Gasteiger partial charge >= 0.3 is 0 Å². The van der Waals surface area contributed by atoms with Crippen molar-refractivity contribution >= 4 is 5.69 Å². The molecule has 0 saturated carbocycles. The van der Waals surface area contributed by atoms with Gasteiger partial charge in [-0.15, -0.1) is 0 Å². The highest BCUT2D eigenvalue weighted by molar-refractivity contribution is 5.40. The van der Waals surface area contributed by atoms with Gasteiger partial charge in [0.1, 0.15) is 0 Å². The van der Waals surface area contributed by atoms with Crippen molar-refractivity contribution in [1.29, 1.82) is 0 Å². The highest BCUT2D eigenvalue weighted by Gasteiger charge is 2.08. The SMILES string of the molecule is CCCCCc1cc(=O)n(-c2ccc([N+](=O)[O-])cc2)[nH]1. The molecule has 0 aliphatic carbocycles. The van der Waals surface area contributed by atoms with Crippen LogP contribution in [-0.4, -0.2) is 14.7 Å². The van der Waals surface area contributed by atoms with E-state index in [2.05, 4.69) is 12.0 Å². The Balaban J connectivity index is 2.20. The van der Waals surface area contributed by atoms with Gasteiger partial charge in [0.25, 0.3) is 11.2 Å². The van der Waals surface area contributed by atoms with Crippen LogP contribution in [0.15, 0.2) is 35.1 Å². The molecular formula is C14H17N3O3. The third-order valence-corrected chi connectivity index (χ3v) is 3.14. The van der Waals surface area contributed by atoms with Crippen molar-refractivity contribution in [2.75, 3.05) is 0 Å². The molecular weight excluding hydrogens is 258 g/mol. The zero-order valence-corrected chi connectivity index (χ0v) is 11.3. The molecule has 2 rings (SSSR count). The molecule has 6 nitrogen and oxygen atoms in total. The first-order chi connectivity index (χ1) is 9.61.